The van der Waals surface area contributed by atoms with Crippen molar-refractivity contribution in [2.24, 2.45) is 0 Å². The molecule has 0 radical (unpaired) electrons. The third-order valence-electron chi connectivity index (χ3n) is 2.51. The Hall–Kier alpha value is -1.82. The number of ether oxygens (including phenoxy) is 1. The van der Waals surface area contributed by atoms with Crippen LogP contribution in [0.2, 0.25) is 0 Å². The van der Waals surface area contributed by atoms with E-state index >= 15 is 0 Å². The number of benzene rings is 1. The van der Waals surface area contributed by atoms with Gasteiger partial charge in [0.15, 0.2) is 6.10 Å². The number of carbonyl (C=O) groups excluding carboxylic acids is 1. The number of carboxylic acids is 1. The van der Waals surface area contributed by atoms with E-state index in [1.54, 1.807) is 31.2 Å². The number of rotatable bonds is 7. The van der Waals surface area contributed by atoms with Crippen molar-refractivity contribution in [3.05, 3.63) is 41.4 Å². The molecule has 0 heterocycles. The Labute approximate surface area is 125 Å². The fourth-order valence-electron chi connectivity index (χ4n) is 1.45. The topological polar surface area (TPSA) is 75.6 Å². The first-order valence-corrected chi connectivity index (χ1v) is 6.79. The molecule has 108 valence electrons. The summed E-state index contributed by atoms with van der Waals surface area (Å²) >= 11 is 3.30. The molecule has 0 spiro atoms. The van der Waals surface area contributed by atoms with E-state index in [2.05, 4.69) is 27.8 Å². The molecule has 0 bridgehead atoms. The Kier molecular flexibility index (Phi) is 6.24. The van der Waals surface area contributed by atoms with Crippen molar-refractivity contribution < 1.29 is 19.4 Å². The van der Waals surface area contributed by atoms with Gasteiger partial charge in [-0.05, 0) is 37.6 Å². The Morgan fingerprint density at radius 1 is 1.45 bits per heavy atom. The molecule has 2 unspecified atom stereocenters. The lowest BCUT2D eigenvalue weighted by molar-refractivity contribution is -0.142. The molecule has 20 heavy (non-hydrogen) atoms. The SMILES string of the molecule is C=CCC(NC(=O)C(C)Oc1ccc(Br)cc1)C(=O)O. The van der Waals surface area contributed by atoms with Crippen molar-refractivity contribution in [2.45, 2.75) is 25.5 Å². The molecule has 0 aromatic heterocycles. The second kappa shape index (κ2) is 7.69. The van der Waals surface area contributed by atoms with Gasteiger partial charge in [0.2, 0.25) is 0 Å². The zero-order chi connectivity index (χ0) is 15.1. The predicted octanol–water partition coefficient (Wildman–Crippen LogP) is 2.36. The molecule has 0 aliphatic heterocycles. The number of hydrogen-bond acceptors (Lipinski definition) is 3. The molecule has 1 amide bonds. The second-order valence-corrected chi connectivity index (χ2v) is 5.05. The lowest BCUT2D eigenvalue weighted by atomic mass is 10.2. The van der Waals surface area contributed by atoms with Gasteiger partial charge in [-0.3, -0.25) is 4.79 Å². The van der Waals surface area contributed by atoms with Gasteiger partial charge < -0.3 is 15.2 Å². The van der Waals surface area contributed by atoms with Gasteiger partial charge in [-0.25, -0.2) is 4.79 Å². The van der Waals surface area contributed by atoms with Crippen molar-refractivity contribution >= 4 is 27.8 Å². The summed E-state index contributed by atoms with van der Waals surface area (Å²) in [5.41, 5.74) is 0. The number of amides is 1. The highest BCUT2D eigenvalue weighted by Crippen LogP contribution is 2.17. The van der Waals surface area contributed by atoms with Gasteiger partial charge in [0.05, 0.1) is 0 Å². The molecule has 2 atom stereocenters. The van der Waals surface area contributed by atoms with Crippen LogP contribution in [0.4, 0.5) is 0 Å². The first kappa shape index (κ1) is 16.2. The van der Waals surface area contributed by atoms with Crippen molar-refractivity contribution in [3.63, 3.8) is 0 Å². The van der Waals surface area contributed by atoms with Crippen molar-refractivity contribution in [2.75, 3.05) is 0 Å². The summed E-state index contributed by atoms with van der Waals surface area (Å²) in [7, 11) is 0. The molecule has 5 nitrogen and oxygen atoms in total. The zero-order valence-electron chi connectivity index (χ0n) is 11.0. The Morgan fingerprint density at radius 2 is 2.05 bits per heavy atom. The van der Waals surface area contributed by atoms with E-state index in [1.165, 1.54) is 6.08 Å². The number of carbonyl (C=O) groups is 2. The highest BCUT2D eigenvalue weighted by Gasteiger charge is 2.22. The molecular weight excluding hydrogens is 326 g/mol. The molecule has 0 saturated carbocycles. The normalized spacial score (nSPS) is 13.1. The minimum absolute atomic E-state index is 0.159. The number of halogens is 1. The molecule has 6 heteroatoms. The summed E-state index contributed by atoms with van der Waals surface area (Å²) in [6, 6.07) is 6.02. The minimum atomic E-state index is -1.10. The van der Waals surface area contributed by atoms with Crippen LogP contribution in [0.15, 0.2) is 41.4 Å². The van der Waals surface area contributed by atoms with Crippen molar-refractivity contribution in [1.29, 1.82) is 0 Å². The van der Waals surface area contributed by atoms with Crippen LogP contribution in [0.5, 0.6) is 5.75 Å². The predicted molar refractivity (Wildman–Crippen MR) is 78.6 cm³/mol. The maximum atomic E-state index is 11.9. The van der Waals surface area contributed by atoms with Crippen LogP contribution in [-0.4, -0.2) is 29.1 Å². The average molecular weight is 342 g/mol. The van der Waals surface area contributed by atoms with Crippen LogP contribution in [0.25, 0.3) is 0 Å². The first-order chi connectivity index (χ1) is 9.43. The first-order valence-electron chi connectivity index (χ1n) is 6.00. The largest absolute Gasteiger partial charge is 0.481 e. The summed E-state index contributed by atoms with van der Waals surface area (Å²) < 4.78 is 6.34. The summed E-state index contributed by atoms with van der Waals surface area (Å²) in [5.74, 6) is -1.05. The Balaban J connectivity index is 2.59. The highest BCUT2D eigenvalue weighted by atomic mass is 79.9. The molecule has 0 saturated heterocycles. The lowest BCUT2D eigenvalue weighted by Crippen LogP contribution is -2.46. The van der Waals surface area contributed by atoms with Crippen molar-refractivity contribution in [3.8, 4) is 5.75 Å². The third kappa shape index (κ3) is 5.05. The zero-order valence-corrected chi connectivity index (χ0v) is 12.6. The molecular formula is C14H16BrNO4. The van der Waals surface area contributed by atoms with Gasteiger partial charge in [-0.2, -0.15) is 0 Å². The monoisotopic (exact) mass is 341 g/mol. The lowest BCUT2D eigenvalue weighted by Gasteiger charge is -2.18. The maximum Gasteiger partial charge on any atom is 0.326 e. The van der Waals surface area contributed by atoms with E-state index in [1.807, 2.05) is 0 Å². The van der Waals surface area contributed by atoms with Crippen LogP contribution in [0, 0.1) is 0 Å². The molecule has 1 aromatic carbocycles. The summed E-state index contributed by atoms with van der Waals surface area (Å²) in [6.45, 7) is 5.02. The van der Waals surface area contributed by atoms with Crippen LogP contribution >= 0.6 is 15.9 Å². The highest BCUT2D eigenvalue weighted by molar-refractivity contribution is 9.10. The van der Waals surface area contributed by atoms with Crippen LogP contribution in [0.1, 0.15) is 13.3 Å². The van der Waals surface area contributed by atoms with Gasteiger partial charge in [0.1, 0.15) is 11.8 Å². The minimum Gasteiger partial charge on any atom is -0.481 e. The quantitative estimate of drug-likeness (QED) is 0.746. The number of hydrogen-bond donors (Lipinski definition) is 2. The molecule has 2 N–H and O–H groups in total. The smallest absolute Gasteiger partial charge is 0.326 e. The van der Waals surface area contributed by atoms with Crippen LogP contribution in [0.3, 0.4) is 0 Å². The molecule has 1 aromatic rings. The number of aliphatic carboxylic acids is 1. The Morgan fingerprint density at radius 3 is 2.55 bits per heavy atom. The van der Waals surface area contributed by atoms with Gasteiger partial charge in [0.25, 0.3) is 5.91 Å². The average Bonchev–Trinajstić information content (AvgIpc) is 2.40. The molecule has 0 aliphatic carbocycles. The van der Waals surface area contributed by atoms with E-state index in [0.29, 0.717) is 5.75 Å². The Bertz CT molecular complexity index is 486. The van der Waals surface area contributed by atoms with E-state index in [9.17, 15) is 9.59 Å². The van der Waals surface area contributed by atoms with Crippen molar-refractivity contribution in [1.82, 2.24) is 5.32 Å². The van der Waals surface area contributed by atoms with Gasteiger partial charge in [0, 0.05) is 4.47 Å². The summed E-state index contributed by atoms with van der Waals surface area (Å²) in [4.78, 5) is 22.8. The molecule has 0 fully saturated rings. The molecule has 1 rings (SSSR count). The van der Waals surface area contributed by atoms with E-state index < -0.39 is 24.0 Å². The van der Waals surface area contributed by atoms with Gasteiger partial charge >= 0.3 is 5.97 Å². The number of carboxylic acid groups (broad SMARTS) is 1. The van der Waals surface area contributed by atoms with Gasteiger partial charge in [-0.15, -0.1) is 6.58 Å². The fourth-order valence-corrected chi connectivity index (χ4v) is 1.71. The molecule has 0 aliphatic rings. The van der Waals surface area contributed by atoms with E-state index in [-0.39, 0.29) is 6.42 Å². The standard InChI is InChI=1S/C14H16BrNO4/c1-3-4-12(14(18)19)16-13(17)9(2)20-11-7-5-10(15)6-8-11/h3,5-9,12H,1,4H2,2H3,(H,16,17)(H,18,19). The van der Waals surface area contributed by atoms with Crippen LogP contribution in [-0.2, 0) is 9.59 Å². The van der Waals surface area contributed by atoms with Gasteiger partial charge in [-0.1, -0.05) is 22.0 Å². The number of nitrogens with one attached hydrogen (secondary N) is 1. The van der Waals surface area contributed by atoms with Crippen LogP contribution < -0.4 is 10.1 Å². The maximum absolute atomic E-state index is 11.9. The second-order valence-electron chi connectivity index (χ2n) is 4.14. The third-order valence-corrected chi connectivity index (χ3v) is 3.04. The summed E-state index contributed by atoms with van der Waals surface area (Å²) in [6.07, 6.45) is 0.814. The van der Waals surface area contributed by atoms with E-state index in [0.717, 1.165) is 4.47 Å². The van der Waals surface area contributed by atoms with E-state index in [4.69, 9.17) is 9.84 Å². The fraction of sp³-hybridized carbons (Fsp3) is 0.286. The summed E-state index contributed by atoms with van der Waals surface area (Å²) in [5, 5.41) is 11.4.